The minimum absolute atomic E-state index is 0.136. The molecule has 0 aliphatic heterocycles. The summed E-state index contributed by atoms with van der Waals surface area (Å²) in [6.45, 7) is 0. The number of hydrogen-bond donors (Lipinski definition) is 2. The number of sulfone groups is 1. The van der Waals surface area contributed by atoms with E-state index < -0.39 is 21.7 Å². The Morgan fingerprint density at radius 1 is 1.31 bits per heavy atom. The van der Waals surface area contributed by atoms with Crippen molar-refractivity contribution in [2.75, 3.05) is 15.9 Å². The summed E-state index contributed by atoms with van der Waals surface area (Å²) in [5.74, 6) is -0.606. The van der Waals surface area contributed by atoms with Crippen molar-refractivity contribution in [1.82, 2.24) is 4.98 Å². The number of nitrogens with zero attached hydrogens (tertiary/aromatic N) is 2. The molecule has 1 heterocycles. The Balaban J connectivity index is 1.83. The molecule has 0 radical (unpaired) electrons. The maximum atomic E-state index is 13.2. The van der Waals surface area contributed by atoms with Crippen molar-refractivity contribution < 1.29 is 17.6 Å². The average molecular weight is 432 g/mol. The van der Waals surface area contributed by atoms with E-state index in [2.05, 4.69) is 23.1 Å². The third-order valence-corrected chi connectivity index (χ3v) is 6.09. The van der Waals surface area contributed by atoms with Crippen LogP contribution in [0.25, 0.3) is 10.2 Å². The van der Waals surface area contributed by atoms with Gasteiger partial charge in [-0.25, -0.2) is 26.9 Å². The van der Waals surface area contributed by atoms with Gasteiger partial charge in [-0.05, 0) is 36.4 Å². The number of urea groups is 1. The number of hydrogen-bond acceptors (Lipinski definition) is 6. The molecule has 1 N–H and O–H groups in total. The van der Waals surface area contributed by atoms with Gasteiger partial charge in [0.25, 0.3) is 0 Å². The van der Waals surface area contributed by atoms with Gasteiger partial charge in [-0.1, -0.05) is 35.8 Å². The van der Waals surface area contributed by atoms with E-state index in [1.165, 1.54) is 24.3 Å². The van der Waals surface area contributed by atoms with E-state index >= 15 is 0 Å². The van der Waals surface area contributed by atoms with Crippen LogP contribution in [0, 0.1) is 5.82 Å². The van der Waals surface area contributed by atoms with Gasteiger partial charge in [0.1, 0.15) is 5.82 Å². The van der Waals surface area contributed by atoms with Crippen molar-refractivity contribution in [2.45, 2.75) is 4.90 Å². The number of thiazole rings is 1. The van der Waals surface area contributed by atoms with Gasteiger partial charge in [-0.3, -0.25) is 5.32 Å². The predicted molar refractivity (Wildman–Crippen MR) is 105 cm³/mol. The van der Waals surface area contributed by atoms with Crippen LogP contribution in [0.3, 0.4) is 0 Å². The largest absolute Gasteiger partial charge is 0.338 e. The number of anilines is 2. The van der Waals surface area contributed by atoms with Crippen molar-refractivity contribution in [3.63, 3.8) is 0 Å². The summed E-state index contributed by atoms with van der Waals surface area (Å²) in [6.07, 6.45) is 1.12. The van der Waals surface area contributed by atoms with Gasteiger partial charge in [-0.15, -0.1) is 0 Å². The second kappa shape index (κ2) is 7.03. The molecule has 0 unspecified atom stereocenters. The Hall–Kier alpha value is -1.88. The monoisotopic (exact) mass is 431 g/mol. The molecule has 2 aromatic carbocycles. The maximum Gasteiger partial charge on any atom is 0.338 e. The number of rotatable bonds is 3. The number of amides is 2. The molecule has 0 spiro atoms. The fourth-order valence-electron chi connectivity index (χ4n) is 2.07. The van der Waals surface area contributed by atoms with Crippen LogP contribution in [0.2, 0.25) is 5.02 Å². The van der Waals surface area contributed by atoms with E-state index in [0.717, 1.165) is 28.0 Å². The average Bonchev–Trinajstić information content (AvgIpc) is 2.97. The number of carbonyl (C=O) groups excluding carboxylic acids is 1. The summed E-state index contributed by atoms with van der Waals surface area (Å²) in [4.78, 5) is 16.7. The quantitative estimate of drug-likeness (QED) is 0.603. The lowest BCUT2D eigenvalue weighted by atomic mass is 10.3. The highest BCUT2D eigenvalue weighted by molar-refractivity contribution is 7.90. The summed E-state index contributed by atoms with van der Waals surface area (Å²) in [6, 6.07) is 7.63. The lowest BCUT2D eigenvalue weighted by molar-refractivity contribution is 0.260. The molecule has 0 saturated heterocycles. The molecule has 3 rings (SSSR count). The Labute approximate surface area is 163 Å². The molecule has 3 aromatic rings. The van der Waals surface area contributed by atoms with E-state index in [1.54, 1.807) is 6.07 Å². The van der Waals surface area contributed by atoms with Gasteiger partial charge < -0.3 is 0 Å². The SMILES string of the molecule is CS(=O)(=O)c1ccc2nc(NC(=O)N(S)c3ccc(F)c(Cl)c3)sc2c1. The third kappa shape index (κ3) is 3.93. The Morgan fingerprint density at radius 3 is 2.69 bits per heavy atom. The molecule has 0 aliphatic rings. The number of nitrogens with one attached hydrogen (secondary N) is 1. The van der Waals surface area contributed by atoms with Crippen LogP contribution in [0.15, 0.2) is 41.3 Å². The molecule has 0 atom stereocenters. The molecule has 136 valence electrons. The topological polar surface area (TPSA) is 79.4 Å². The summed E-state index contributed by atoms with van der Waals surface area (Å²) < 4.78 is 38.0. The van der Waals surface area contributed by atoms with Crippen molar-refractivity contribution in [3.8, 4) is 0 Å². The van der Waals surface area contributed by atoms with Crippen LogP contribution < -0.4 is 9.62 Å². The molecule has 2 amide bonds. The first-order valence-corrected chi connectivity index (χ1v) is 10.5. The minimum Gasteiger partial charge on any atom is -0.282 e. The van der Waals surface area contributed by atoms with E-state index in [0.29, 0.717) is 10.2 Å². The first-order chi connectivity index (χ1) is 12.1. The molecule has 0 fully saturated rings. The highest BCUT2D eigenvalue weighted by Gasteiger charge is 2.17. The predicted octanol–water partition coefficient (Wildman–Crippen LogP) is 4.38. The zero-order valence-electron chi connectivity index (χ0n) is 13.1. The molecule has 6 nitrogen and oxygen atoms in total. The molecular formula is C15H11ClFN3O3S3. The smallest absolute Gasteiger partial charge is 0.282 e. The van der Waals surface area contributed by atoms with Crippen molar-refractivity contribution >= 4 is 72.7 Å². The molecule has 1 aromatic heterocycles. The van der Waals surface area contributed by atoms with Crippen LogP contribution in [0.1, 0.15) is 0 Å². The van der Waals surface area contributed by atoms with Crippen LogP contribution in [0.4, 0.5) is 20.0 Å². The fourth-order valence-corrected chi connectivity index (χ4v) is 4.03. The van der Waals surface area contributed by atoms with Crippen molar-refractivity contribution in [3.05, 3.63) is 47.2 Å². The zero-order valence-corrected chi connectivity index (χ0v) is 16.4. The molecular weight excluding hydrogens is 421 g/mol. The first-order valence-electron chi connectivity index (χ1n) is 7.01. The maximum absolute atomic E-state index is 13.2. The number of halogens is 2. The van der Waals surface area contributed by atoms with Crippen LogP contribution in [-0.2, 0) is 9.84 Å². The van der Waals surface area contributed by atoms with E-state index in [1.807, 2.05) is 0 Å². The zero-order chi connectivity index (χ0) is 19.1. The van der Waals surface area contributed by atoms with Gasteiger partial charge in [0.15, 0.2) is 15.0 Å². The van der Waals surface area contributed by atoms with Crippen LogP contribution >= 0.6 is 35.8 Å². The highest BCUT2D eigenvalue weighted by atomic mass is 35.5. The van der Waals surface area contributed by atoms with Crippen molar-refractivity contribution in [1.29, 1.82) is 0 Å². The van der Waals surface area contributed by atoms with E-state index in [4.69, 9.17) is 11.6 Å². The standard InChI is InChI=1S/C15H11ClFN3O3S3/c1-26(22,23)9-3-5-12-13(7-9)25-14(18-12)19-15(21)20(24)8-2-4-11(17)10(16)6-8/h2-7,24H,1H3,(H,18,19,21). The molecule has 0 aliphatic carbocycles. The fraction of sp³-hybridized carbons (Fsp3) is 0.0667. The number of thiol groups is 1. The van der Waals surface area contributed by atoms with Gasteiger partial charge in [0.05, 0.1) is 25.8 Å². The summed E-state index contributed by atoms with van der Waals surface area (Å²) in [5, 5.41) is 2.68. The molecule has 11 heteroatoms. The van der Waals surface area contributed by atoms with Gasteiger partial charge >= 0.3 is 6.03 Å². The summed E-state index contributed by atoms with van der Waals surface area (Å²) in [7, 11) is -3.34. The Morgan fingerprint density at radius 2 is 2.04 bits per heavy atom. The second-order valence-corrected chi connectivity index (χ2v) is 9.11. The second-order valence-electron chi connectivity index (χ2n) is 5.26. The number of aromatic nitrogens is 1. The first kappa shape index (κ1) is 18.9. The van der Waals surface area contributed by atoms with Crippen LogP contribution in [-0.4, -0.2) is 25.7 Å². The van der Waals surface area contributed by atoms with E-state index in [-0.39, 0.29) is 20.7 Å². The van der Waals surface area contributed by atoms with Gasteiger partial charge in [-0.2, -0.15) is 0 Å². The Bertz CT molecular complexity index is 1120. The summed E-state index contributed by atoms with van der Waals surface area (Å²) in [5.41, 5.74) is 0.825. The number of carbonyl (C=O) groups is 1. The molecule has 26 heavy (non-hydrogen) atoms. The highest BCUT2D eigenvalue weighted by Crippen LogP contribution is 2.29. The number of benzene rings is 2. The van der Waals surface area contributed by atoms with Crippen molar-refractivity contribution in [2.24, 2.45) is 0 Å². The van der Waals surface area contributed by atoms with Gasteiger partial charge in [0, 0.05) is 6.26 Å². The normalized spacial score (nSPS) is 11.5. The third-order valence-electron chi connectivity index (χ3n) is 3.34. The Kier molecular flexibility index (Phi) is 5.11. The lowest BCUT2D eigenvalue weighted by Crippen LogP contribution is -2.26. The lowest BCUT2D eigenvalue weighted by Gasteiger charge is -2.15. The van der Waals surface area contributed by atoms with Gasteiger partial charge in [0.2, 0.25) is 0 Å². The molecule has 0 saturated carbocycles. The minimum atomic E-state index is -3.34. The van der Waals surface area contributed by atoms with Crippen LogP contribution in [0.5, 0.6) is 0 Å². The van der Waals surface area contributed by atoms with E-state index in [9.17, 15) is 17.6 Å². The number of fused-ring (bicyclic) bond motifs is 1. The summed E-state index contributed by atoms with van der Waals surface area (Å²) >= 11 is 10.9. The molecule has 0 bridgehead atoms.